The van der Waals surface area contributed by atoms with Crippen LogP contribution in [0.15, 0.2) is 30.3 Å². The summed E-state index contributed by atoms with van der Waals surface area (Å²) < 4.78 is 21.8. The molecule has 0 radical (unpaired) electrons. The summed E-state index contributed by atoms with van der Waals surface area (Å²) in [7, 11) is 0. The number of fused-ring (bicyclic) bond motifs is 1. The first-order valence-electron chi connectivity index (χ1n) is 13.8. The quantitative estimate of drug-likeness (QED) is 0.122. The number of unbranched alkanes of at least 4 members (excludes halogenated alkanes) is 10. The van der Waals surface area contributed by atoms with Crippen molar-refractivity contribution in [1.29, 1.82) is 0 Å². The van der Waals surface area contributed by atoms with Crippen LogP contribution < -0.4 is 9.47 Å². The van der Waals surface area contributed by atoms with Crippen LogP contribution in [-0.4, -0.2) is 25.5 Å². The lowest BCUT2D eigenvalue weighted by Gasteiger charge is -2.15. The highest BCUT2D eigenvalue weighted by Gasteiger charge is 2.19. The summed E-state index contributed by atoms with van der Waals surface area (Å²) in [5, 5.41) is 1.36. The molecule has 0 spiro atoms. The Hall–Kier alpha value is -2.76. The summed E-state index contributed by atoms with van der Waals surface area (Å²) in [5.41, 5.74) is 0.754. The first-order chi connectivity index (χ1) is 17.6. The van der Waals surface area contributed by atoms with Crippen LogP contribution in [-0.2, 0) is 15.9 Å². The molecule has 0 saturated heterocycles. The number of hydrogen-bond donors (Lipinski definition) is 0. The molecule has 0 amide bonds. The lowest BCUT2D eigenvalue weighted by molar-refractivity contribution is 0.0955. The molecule has 0 aliphatic carbocycles. The molecule has 0 unspecified atom stereocenters. The summed E-state index contributed by atoms with van der Waals surface area (Å²) >= 11 is 0. The molecular formula is C30H44O6. The molecule has 36 heavy (non-hydrogen) atoms. The zero-order valence-electron chi connectivity index (χ0n) is 22.4. The molecule has 6 nitrogen and oxygen atoms in total. The molecule has 2 aromatic carbocycles. The maximum atomic E-state index is 12.4. The SMILES string of the molecule is CCCCCCCCOC(=O)Oc1cc(CC)c(OC(=O)OCCCCCCCC)c2ccccc12. The Bertz CT molecular complexity index is 923. The zero-order chi connectivity index (χ0) is 26.0. The second-order valence-electron chi connectivity index (χ2n) is 9.20. The largest absolute Gasteiger partial charge is 0.513 e. The summed E-state index contributed by atoms with van der Waals surface area (Å²) in [4.78, 5) is 24.7. The van der Waals surface area contributed by atoms with Gasteiger partial charge in [0.15, 0.2) is 0 Å². The standard InChI is InChI=1S/C30H44O6/c1-4-7-9-11-13-17-21-33-29(31)35-27-23-24(6-3)28(26-20-16-15-19-25(26)27)36-30(32)34-22-18-14-12-10-8-5-2/h15-16,19-20,23H,4-14,17-18,21-22H2,1-3H3. The van der Waals surface area contributed by atoms with Gasteiger partial charge >= 0.3 is 12.3 Å². The van der Waals surface area contributed by atoms with Gasteiger partial charge in [-0.15, -0.1) is 0 Å². The lowest BCUT2D eigenvalue weighted by Crippen LogP contribution is -2.14. The van der Waals surface area contributed by atoms with E-state index in [4.69, 9.17) is 18.9 Å². The zero-order valence-corrected chi connectivity index (χ0v) is 22.4. The molecule has 0 aliphatic rings. The van der Waals surface area contributed by atoms with Crippen molar-refractivity contribution in [3.05, 3.63) is 35.9 Å². The average molecular weight is 501 g/mol. The normalized spacial score (nSPS) is 10.9. The van der Waals surface area contributed by atoms with E-state index in [-0.39, 0.29) is 0 Å². The Kier molecular flexibility index (Phi) is 14.4. The van der Waals surface area contributed by atoms with Crippen LogP contribution in [0.25, 0.3) is 10.8 Å². The molecule has 0 atom stereocenters. The van der Waals surface area contributed by atoms with Gasteiger partial charge in [0.2, 0.25) is 0 Å². The fraction of sp³-hybridized carbons (Fsp3) is 0.600. The molecule has 0 N–H and O–H groups in total. The van der Waals surface area contributed by atoms with Gasteiger partial charge in [0.25, 0.3) is 0 Å². The van der Waals surface area contributed by atoms with Gasteiger partial charge in [0.1, 0.15) is 11.5 Å². The number of hydrogen-bond acceptors (Lipinski definition) is 6. The number of rotatable bonds is 17. The van der Waals surface area contributed by atoms with E-state index in [0.29, 0.717) is 41.9 Å². The van der Waals surface area contributed by atoms with E-state index in [1.807, 2.05) is 31.2 Å². The van der Waals surface area contributed by atoms with E-state index in [1.165, 1.54) is 38.5 Å². The van der Waals surface area contributed by atoms with Crippen LogP contribution >= 0.6 is 0 Å². The van der Waals surface area contributed by atoms with Crippen LogP contribution in [0, 0.1) is 0 Å². The fourth-order valence-corrected chi connectivity index (χ4v) is 4.15. The van der Waals surface area contributed by atoms with Gasteiger partial charge in [0.05, 0.1) is 13.2 Å². The number of carbonyl (C=O) groups excluding carboxylic acids is 2. The number of aryl methyl sites for hydroxylation is 1. The molecular weight excluding hydrogens is 456 g/mol. The Labute approximate surface area is 216 Å². The Morgan fingerprint density at radius 1 is 0.639 bits per heavy atom. The van der Waals surface area contributed by atoms with E-state index in [9.17, 15) is 9.59 Å². The van der Waals surface area contributed by atoms with Crippen LogP contribution in [0.3, 0.4) is 0 Å². The van der Waals surface area contributed by atoms with Crippen molar-refractivity contribution in [2.75, 3.05) is 13.2 Å². The van der Waals surface area contributed by atoms with Crippen LogP contribution in [0.5, 0.6) is 11.5 Å². The maximum Gasteiger partial charge on any atom is 0.513 e. The average Bonchev–Trinajstić information content (AvgIpc) is 2.88. The summed E-state index contributed by atoms with van der Waals surface area (Å²) in [6.07, 6.45) is 12.5. The van der Waals surface area contributed by atoms with Crippen LogP contribution in [0.2, 0.25) is 0 Å². The number of ether oxygens (including phenoxy) is 4. The molecule has 0 saturated carbocycles. The number of benzene rings is 2. The highest BCUT2D eigenvalue weighted by Crippen LogP contribution is 2.37. The van der Waals surface area contributed by atoms with Crippen LogP contribution in [0.1, 0.15) is 103 Å². The molecule has 0 bridgehead atoms. The van der Waals surface area contributed by atoms with E-state index >= 15 is 0 Å². The lowest BCUT2D eigenvalue weighted by atomic mass is 10.0. The van der Waals surface area contributed by atoms with Gasteiger partial charge in [-0.2, -0.15) is 0 Å². The molecule has 0 heterocycles. The van der Waals surface area contributed by atoms with E-state index in [1.54, 1.807) is 6.07 Å². The maximum absolute atomic E-state index is 12.4. The molecule has 0 fully saturated rings. The molecule has 2 rings (SSSR count). The Morgan fingerprint density at radius 3 is 1.69 bits per heavy atom. The van der Waals surface area contributed by atoms with Crippen molar-refractivity contribution in [3.8, 4) is 11.5 Å². The third kappa shape index (κ3) is 10.5. The van der Waals surface area contributed by atoms with Gasteiger partial charge in [-0.1, -0.05) is 109 Å². The minimum atomic E-state index is -0.720. The molecule has 0 aromatic heterocycles. The fourth-order valence-electron chi connectivity index (χ4n) is 4.15. The number of carbonyl (C=O) groups is 2. The van der Waals surface area contributed by atoms with Gasteiger partial charge in [-0.3, -0.25) is 0 Å². The third-order valence-corrected chi connectivity index (χ3v) is 6.23. The predicted octanol–water partition coefficient (Wildman–Crippen LogP) is 9.15. The highest BCUT2D eigenvalue weighted by atomic mass is 16.7. The summed E-state index contributed by atoms with van der Waals surface area (Å²) in [5.74, 6) is 0.831. The topological polar surface area (TPSA) is 71.1 Å². The van der Waals surface area contributed by atoms with Crippen molar-refractivity contribution < 1.29 is 28.5 Å². The van der Waals surface area contributed by atoms with Crippen LogP contribution in [0.4, 0.5) is 9.59 Å². The van der Waals surface area contributed by atoms with Crippen molar-refractivity contribution in [1.82, 2.24) is 0 Å². The second-order valence-corrected chi connectivity index (χ2v) is 9.20. The van der Waals surface area contributed by atoms with E-state index < -0.39 is 12.3 Å². The molecule has 6 heteroatoms. The second kappa shape index (κ2) is 17.6. The third-order valence-electron chi connectivity index (χ3n) is 6.23. The highest BCUT2D eigenvalue weighted by molar-refractivity contribution is 5.96. The molecule has 0 aliphatic heterocycles. The van der Waals surface area contributed by atoms with E-state index in [2.05, 4.69) is 13.8 Å². The smallest absolute Gasteiger partial charge is 0.434 e. The molecule has 2 aromatic rings. The van der Waals surface area contributed by atoms with Gasteiger partial charge in [0, 0.05) is 10.8 Å². The minimum absolute atomic E-state index is 0.342. The van der Waals surface area contributed by atoms with E-state index in [0.717, 1.165) is 44.1 Å². The van der Waals surface area contributed by atoms with Crippen molar-refractivity contribution in [2.45, 2.75) is 104 Å². The first kappa shape index (κ1) is 29.5. The van der Waals surface area contributed by atoms with Gasteiger partial charge in [-0.25, -0.2) is 9.59 Å². The monoisotopic (exact) mass is 500 g/mol. The predicted molar refractivity (Wildman–Crippen MR) is 144 cm³/mol. The first-order valence-corrected chi connectivity index (χ1v) is 13.8. The van der Waals surface area contributed by atoms with Crippen molar-refractivity contribution >= 4 is 23.1 Å². The minimum Gasteiger partial charge on any atom is -0.434 e. The Balaban J connectivity index is 1.96. The van der Waals surface area contributed by atoms with Crippen molar-refractivity contribution in [3.63, 3.8) is 0 Å². The molecule has 200 valence electrons. The van der Waals surface area contributed by atoms with Crippen molar-refractivity contribution in [2.24, 2.45) is 0 Å². The summed E-state index contributed by atoms with van der Waals surface area (Å²) in [6, 6.07) is 9.13. The van der Waals surface area contributed by atoms with Gasteiger partial charge in [-0.05, 0) is 30.9 Å². The Morgan fingerprint density at radius 2 is 1.14 bits per heavy atom. The summed E-state index contributed by atoms with van der Waals surface area (Å²) in [6.45, 7) is 7.02. The van der Waals surface area contributed by atoms with Gasteiger partial charge < -0.3 is 18.9 Å².